The predicted octanol–water partition coefficient (Wildman–Crippen LogP) is 6.39. The maximum atomic E-state index is 13.0. The molecule has 4 aromatic rings. The number of H-pyrrole nitrogens is 1. The van der Waals surface area contributed by atoms with E-state index in [1.165, 1.54) is 5.69 Å². The average Bonchev–Trinajstić information content (AvgIpc) is 3.59. The Morgan fingerprint density at radius 3 is 2.50 bits per heavy atom. The van der Waals surface area contributed by atoms with Crippen molar-refractivity contribution in [1.29, 1.82) is 0 Å². The highest BCUT2D eigenvalue weighted by molar-refractivity contribution is 6.42. The Hall–Kier alpha value is -3.02. The topological polar surface area (TPSA) is 53.9 Å². The number of nitrogens with zero attached hydrogens (tertiary/aromatic N) is 3. The van der Waals surface area contributed by atoms with Crippen molar-refractivity contribution in [2.75, 3.05) is 13.1 Å². The molecule has 4 heterocycles. The number of rotatable bonds is 6. The number of halogens is 2. The van der Waals surface area contributed by atoms with Gasteiger partial charge in [0.15, 0.2) is 0 Å². The van der Waals surface area contributed by atoms with Crippen LogP contribution in [0.5, 0.6) is 0 Å². The standard InChI is InChI=1S/C27H26Cl2N4O/c28-23-9-8-20(17-24(23)29)27(34)33-15-10-19(11-16-33)22(25-6-4-12-30-25)18-21-5-3-7-26(31-21)32-13-1-2-14-32/h1-9,12-14,17,19,22,30H,10-11,15-16,18H2. The van der Waals surface area contributed by atoms with Gasteiger partial charge in [-0.15, -0.1) is 0 Å². The Morgan fingerprint density at radius 1 is 1.00 bits per heavy atom. The minimum Gasteiger partial charge on any atom is -0.365 e. The molecule has 1 aliphatic heterocycles. The number of piperidine rings is 1. The van der Waals surface area contributed by atoms with E-state index in [9.17, 15) is 4.79 Å². The fourth-order valence-electron chi connectivity index (χ4n) is 4.86. The Balaban J connectivity index is 1.30. The zero-order valence-electron chi connectivity index (χ0n) is 18.7. The lowest BCUT2D eigenvalue weighted by atomic mass is 9.79. The van der Waals surface area contributed by atoms with Crippen molar-refractivity contribution in [2.24, 2.45) is 5.92 Å². The summed E-state index contributed by atoms with van der Waals surface area (Å²) in [7, 11) is 0. The quantitative estimate of drug-likeness (QED) is 0.339. The van der Waals surface area contributed by atoms with E-state index in [4.69, 9.17) is 28.2 Å². The first-order valence-electron chi connectivity index (χ1n) is 11.6. The van der Waals surface area contributed by atoms with Crippen LogP contribution in [0.25, 0.3) is 5.82 Å². The fraction of sp³-hybridized carbons (Fsp3) is 0.259. The van der Waals surface area contributed by atoms with E-state index in [1.54, 1.807) is 18.2 Å². The van der Waals surface area contributed by atoms with Crippen molar-refractivity contribution < 1.29 is 4.79 Å². The van der Waals surface area contributed by atoms with Crippen molar-refractivity contribution in [3.8, 4) is 5.82 Å². The molecule has 174 valence electrons. The first-order valence-corrected chi connectivity index (χ1v) is 12.3. The van der Waals surface area contributed by atoms with Gasteiger partial charge in [-0.2, -0.15) is 0 Å². The van der Waals surface area contributed by atoms with Crippen molar-refractivity contribution in [2.45, 2.75) is 25.2 Å². The number of nitrogens with one attached hydrogen (secondary N) is 1. The molecule has 5 rings (SSSR count). The lowest BCUT2D eigenvalue weighted by Gasteiger charge is -2.36. The van der Waals surface area contributed by atoms with Crippen molar-refractivity contribution in [3.05, 3.63) is 106 Å². The van der Waals surface area contributed by atoms with Crippen LogP contribution < -0.4 is 0 Å². The molecule has 1 aliphatic rings. The number of likely N-dealkylation sites (tertiary alicyclic amines) is 1. The summed E-state index contributed by atoms with van der Waals surface area (Å²) < 4.78 is 2.03. The summed E-state index contributed by atoms with van der Waals surface area (Å²) in [6.07, 6.45) is 8.72. The highest BCUT2D eigenvalue weighted by Crippen LogP contribution is 2.35. The molecule has 1 aromatic carbocycles. The number of carbonyl (C=O) groups excluding carboxylic acids is 1. The molecule has 7 heteroatoms. The summed E-state index contributed by atoms with van der Waals surface area (Å²) >= 11 is 12.1. The normalized spacial score (nSPS) is 15.4. The Morgan fingerprint density at radius 2 is 1.79 bits per heavy atom. The second kappa shape index (κ2) is 10.1. The highest BCUT2D eigenvalue weighted by atomic mass is 35.5. The molecule has 0 bridgehead atoms. The molecule has 1 saturated heterocycles. The summed E-state index contributed by atoms with van der Waals surface area (Å²) in [6, 6.07) is 19.5. The van der Waals surface area contributed by atoms with Crippen LogP contribution in [0.2, 0.25) is 10.0 Å². The number of amides is 1. The first kappa shape index (κ1) is 22.8. The minimum atomic E-state index is 0.00882. The van der Waals surface area contributed by atoms with Crippen LogP contribution in [-0.2, 0) is 6.42 Å². The molecule has 0 spiro atoms. The maximum absolute atomic E-state index is 13.0. The van der Waals surface area contributed by atoms with E-state index in [0.29, 0.717) is 27.4 Å². The van der Waals surface area contributed by atoms with Gasteiger partial charge in [0, 0.05) is 54.5 Å². The van der Waals surface area contributed by atoms with Crippen LogP contribution in [0.1, 0.15) is 40.5 Å². The van der Waals surface area contributed by atoms with Gasteiger partial charge in [-0.25, -0.2) is 4.98 Å². The molecule has 0 radical (unpaired) electrons. The average molecular weight is 493 g/mol. The van der Waals surface area contributed by atoms with Crippen LogP contribution in [0.4, 0.5) is 0 Å². The summed E-state index contributed by atoms with van der Waals surface area (Å²) in [5.41, 5.74) is 2.88. The van der Waals surface area contributed by atoms with E-state index in [-0.39, 0.29) is 5.91 Å². The number of carbonyl (C=O) groups is 1. The van der Waals surface area contributed by atoms with Gasteiger partial charge in [-0.1, -0.05) is 29.3 Å². The zero-order valence-corrected chi connectivity index (χ0v) is 20.2. The van der Waals surface area contributed by atoms with Gasteiger partial charge >= 0.3 is 0 Å². The molecule has 0 aliphatic carbocycles. The molecule has 34 heavy (non-hydrogen) atoms. The molecule has 1 unspecified atom stereocenters. The number of aromatic nitrogens is 3. The van der Waals surface area contributed by atoms with E-state index >= 15 is 0 Å². The fourth-order valence-corrected chi connectivity index (χ4v) is 5.16. The molecular formula is C27H26Cl2N4O. The lowest BCUT2D eigenvalue weighted by Crippen LogP contribution is -2.40. The van der Waals surface area contributed by atoms with Crippen LogP contribution in [0, 0.1) is 5.92 Å². The minimum absolute atomic E-state index is 0.00882. The molecule has 3 aromatic heterocycles. The van der Waals surface area contributed by atoms with Gasteiger partial charge in [0.25, 0.3) is 5.91 Å². The first-order chi connectivity index (χ1) is 16.6. The zero-order chi connectivity index (χ0) is 23.5. The molecule has 1 N–H and O–H groups in total. The molecule has 0 saturated carbocycles. The van der Waals surface area contributed by atoms with Crippen LogP contribution in [0.3, 0.4) is 0 Å². The third-order valence-corrected chi connectivity index (χ3v) is 7.41. The lowest BCUT2D eigenvalue weighted by molar-refractivity contribution is 0.0676. The van der Waals surface area contributed by atoms with Gasteiger partial charge in [0.1, 0.15) is 5.82 Å². The number of benzene rings is 1. The van der Waals surface area contributed by atoms with E-state index in [2.05, 4.69) is 29.2 Å². The third-order valence-electron chi connectivity index (χ3n) is 6.67. The smallest absolute Gasteiger partial charge is 0.253 e. The maximum Gasteiger partial charge on any atom is 0.253 e. The second-order valence-electron chi connectivity index (χ2n) is 8.77. The highest BCUT2D eigenvalue weighted by Gasteiger charge is 2.31. The van der Waals surface area contributed by atoms with Crippen molar-refractivity contribution >= 4 is 29.1 Å². The number of hydrogen-bond donors (Lipinski definition) is 1. The Kier molecular flexibility index (Phi) is 6.75. The SMILES string of the molecule is O=C(c1ccc(Cl)c(Cl)c1)N1CCC(C(Cc2cccc(-n3cccc3)n2)c2ccc[nH]2)CC1. The van der Waals surface area contributed by atoms with Gasteiger partial charge in [0.05, 0.1) is 10.0 Å². The van der Waals surface area contributed by atoms with Crippen LogP contribution >= 0.6 is 23.2 Å². The van der Waals surface area contributed by atoms with Gasteiger partial charge in [-0.05, 0) is 79.8 Å². The van der Waals surface area contributed by atoms with E-state index in [0.717, 1.165) is 43.9 Å². The number of pyridine rings is 1. The molecule has 1 amide bonds. The molecule has 1 atom stereocenters. The van der Waals surface area contributed by atoms with Crippen LogP contribution in [-0.4, -0.2) is 38.4 Å². The molecule has 5 nitrogen and oxygen atoms in total. The largest absolute Gasteiger partial charge is 0.365 e. The number of aromatic amines is 1. The number of hydrogen-bond acceptors (Lipinski definition) is 2. The third kappa shape index (κ3) is 4.91. The van der Waals surface area contributed by atoms with Gasteiger partial charge in [0.2, 0.25) is 0 Å². The predicted molar refractivity (Wildman–Crippen MR) is 136 cm³/mol. The Labute approximate surface area is 209 Å². The summed E-state index contributed by atoms with van der Waals surface area (Å²) in [5, 5.41) is 0.865. The van der Waals surface area contributed by atoms with E-state index in [1.807, 2.05) is 46.3 Å². The summed E-state index contributed by atoms with van der Waals surface area (Å²) in [6.45, 7) is 1.44. The Bertz CT molecular complexity index is 1250. The second-order valence-corrected chi connectivity index (χ2v) is 9.59. The van der Waals surface area contributed by atoms with E-state index < -0.39 is 0 Å². The van der Waals surface area contributed by atoms with Crippen LogP contribution in [0.15, 0.2) is 79.3 Å². The van der Waals surface area contributed by atoms with Gasteiger partial charge < -0.3 is 14.5 Å². The molecule has 1 fully saturated rings. The van der Waals surface area contributed by atoms with Crippen molar-refractivity contribution in [1.82, 2.24) is 19.4 Å². The summed E-state index contributed by atoms with van der Waals surface area (Å²) in [4.78, 5) is 23.3. The van der Waals surface area contributed by atoms with Gasteiger partial charge in [-0.3, -0.25) is 4.79 Å². The van der Waals surface area contributed by atoms with Crippen molar-refractivity contribution in [3.63, 3.8) is 0 Å². The molecular weight excluding hydrogens is 467 g/mol. The summed E-state index contributed by atoms with van der Waals surface area (Å²) in [5.74, 6) is 1.70. The monoisotopic (exact) mass is 492 g/mol.